The zero-order valence-electron chi connectivity index (χ0n) is 11.4. The van der Waals surface area contributed by atoms with Gasteiger partial charge in [0, 0.05) is 18.5 Å². The van der Waals surface area contributed by atoms with Crippen LogP contribution in [0, 0.1) is 6.92 Å². The number of fused-ring (bicyclic) bond motifs is 1. The summed E-state index contributed by atoms with van der Waals surface area (Å²) in [5, 5.41) is 6.38. The number of carbonyl (C=O) groups excluding carboxylic acids is 1. The fourth-order valence-corrected chi connectivity index (χ4v) is 1.96. The Bertz CT molecular complexity index is 667. The van der Waals surface area contributed by atoms with Crippen molar-refractivity contribution in [3.05, 3.63) is 45.8 Å². The van der Waals surface area contributed by atoms with Gasteiger partial charge in [-0.2, -0.15) is 0 Å². The van der Waals surface area contributed by atoms with Crippen molar-refractivity contribution in [3.8, 4) is 0 Å². The van der Waals surface area contributed by atoms with E-state index in [-0.39, 0.29) is 18.0 Å². The van der Waals surface area contributed by atoms with E-state index in [0.29, 0.717) is 24.2 Å². The molecule has 0 saturated carbocycles. The van der Waals surface area contributed by atoms with Crippen LogP contribution in [0.1, 0.15) is 15.9 Å². The van der Waals surface area contributed by atoms with Gasteiger partial charge in [-0.25, -0.2) is 4.79 Å². The van der Waals surface area contributed by atoms with E-state index in [9.17, 15) is 9.59 Å². The molecule has 108 valence electrons. The van der Waals surface area contributed by atoms with E-state index >= 15 is 0 Å². The van der Waals surface area contributed by atoms with Gasteiger partial charge in [-0.1, -0.05) is 18.2 Å². The normalized spacial score (nSPS) is 10.1. The summed E-state index contributed by atoms with van der Waals surface area (Å²) in [6.07, 6.45) is 0. The van der Waals surface area contributed by atoms with E-state index in [0.717, 1.165) is 5.39 Å². The Labute approximate surface area is 122 Å². The van der Waals surface area contributed by atoms with Gasteiger partial charge in [-0.05, 0) is 25.6 Å². The topological polar surface area (TPSA) is 71.3 Å². The predicted octanol–water partition coefficient (Wildman–Crippen LogP) is 1.47. The van der Waals surface area contributed by atoms with E-state index in [1.165, 1.54) is 0 Å². The molecule has 0 bridgehead atoms. The smallest absolute Gasteiger partial charge is 0.349 e. The van der Waals surface area contributed by atoms with Gasteiger partial charge in [0.05, 0.1) is 0 Å². The third-order valence-corrected chi connectivity index (χ3v) is 2.96. The van der Waals surface area contributed by atoms with Crippen molar-refractivity contribution in [2.24, 2.45) is 0 Å². The minimum atomic E-state index is -0.599. The molecule has 2 rings (SSSR count). The van der Waals surface area contributed by atoms with Crippen LogP contribution in [0.3, 0.4) is 0 Å². The molecule has 0 fully saturated rings. The third-order valence-electron chi connectivity index (χ3n) is 2.96. The second kappa shape index (κ2) is 7.07. The number of para-hydroxylation sites is 1. The van der Waals surface area contributed by atoms with E-state index < -0.39 is 11.5 Å². The molecule has 2 N–H and O–H groups in total. The molecule has 0 aliphatic rings. The number of hydrogen-bond acceptors (Lipinski definition) is 4. The Morgan fingerprint density at radius 2 is 1.95 bits per heavy atom. The zero-order valence-corrected chi connectivity index (χ0v) is 12.2. The van der Waals surface area contributed by atoms with E-state index in [1.807, 2.05) is 12.1 Å². The van der Waals surface area contributed by atoms with Crippen molar-refractivity contribution in [1.29, 1.82) is 0 Å². The van der Waals surface area contributed by atoms with Crippen molar-refractivity contribution in [2.45, 2.75) is 6.92 Å². The molecule has 0 unspecified atom stereocenters. The Kier molecular flexibility index (Phi) is 5.73. The second-order valence-electron chi connectivity index (χ2n) is 4.25. The fraction of sp³-hybridized carbons (Fsp3) is 0.286. The summed E-state index contributed by atoms with van der Waals surface area (Å²) < 4.78 is 5.17. The SMILES string of the molecule is CNCCNC(=O)c1c(C)c2ccccc2oc1=O.Cl. The number of rotatable bonds is 4. The summed E-state index contributed by atoms with van der Waals surface area (Å²) in [6, 6.07) is 7.18. The van der Waals surface area contributed by atoms with Gasteiger partial charge >= 0.3 is 5.63 Å². The van der Waals surface area contributed by atoms with E-state index in [1.54, 1.807) is 26.1 Å². The van der Waals surface area contributed by atoms with Crippen LogP contribution in [0.15, 0.2) is 33.5 Å². The maximum atomic E-state index is 12.0. The number of carbonyl (C=O) groups is 1. The van der Waals surface area contributed by atoms with Gasteiger partial charge in [0.25, 0.3) is 5.91 Å². The van der Waals surface area contributed by atoms with Crippen LogP contribution in [-0.4, -0.2) is 26.0 Å². The molecule has 0 aliphatic carbocycles. The van der Waals surface area contributed by atoms with Crippen molar-refractivity contribution in [2.75, 3.05) is 20.1 Å². The first kappa shape index (κ1) is 16.2. The minimum absolute atomic E-state index is 0. The average molecular weight is 297 g/mol. The minimum Gasteiger partial charge on any atom is -0.422 e. The van der Waals surface area contributed by atoms with Crippen LogP contribution in [0.5, 0.6) is 0 Å². The third kappa shape index (κ3) is 3.18. The predicted molar refractivity (Wildman–Crippen MR) is 80.7 cm³/mol. The highest BCUT2D eigenvalue weighted by molar-refractivity contribution is 5.99. The number of nitrogens with one attached hydrogen (secondary N) is 2. The Balaban J connectivity index is 0.00000200. The van der Waals surface area contributed by atoms with E-state index in [2.05, 4.69) is 10.6 Å². The Hall–Kier alpha value is -1.85. The molecule has 1 amide bonds. The summed E-state index contributed by atoms with van der Waals surface area (Å²) in [6.45, 7) is 2.86. The van der Waals surface area contributed by atoms with Crippen LogP contribution in [-0.2, 0) is 0 Å². The van der Waals surface area contributed by atoms with Gasteiger partial charge in [-0.3, -0.25) is 4.79 Å². The monoisotopic (exact) mass is 296 g/mol. The largest absolute Gasteiger partial charge is 0.422 e. The molecule has 1 aromatic heterocycles. The molecule has 0 spiro atoms. The van der Waals surface area contributed by atoms with Gasteiger partial charge in [-0.15, -0.1) is 12.4 Å². The molecule has 0 atom stereocenters. The van der Waals surface area contributed by atoms with Crippen molar-refractivity contribution in [1.82, 2.24) is 10.6 Å². The molecule has 20 heavy (non-hydrogen) atoms. The maximum absolute atomic E-state index is 12.0. The number of amides is 1. The molecule has 0 radical (unpaired) electrons. The van der Waals surface area contributed by atoms with Gasteiger partial charge in [0.2, 0.25) is 0 Å². The van der Waals surface area contributed by atoms with Crippen LogP contribution < -0.4 is 16.3 Å². The molecular formula is C14H17ClN2O3. The van der Waals surface area contributed by atoms with Crippen LogP contribution >= 0.6 is 12.4 Å². The summed E-state index contributed by atoms with van der Waals surface area (Å²) in [4.78, 5) is 23.9. The number of aryl methyl sites for hydroxylation is 1. The molecule has 2 aromatic rings. The molecule has 1 aromatic carbocycles. The van der Waals surface area contributed by atoms with Gasteiger partial charge in [0.15, 0.2) is 0 Å². The zero-order chi connectivity index (χ0) is 13.8. The molecule has 5 nitrogen and oxygen atoms in total. The number of benzene rings is 1. The second-order valence-corrected chi connectivity index (χ2v) is 4.25. The highest BCUT2D eigenvalue weighted by Crippen LogP contribution is 2.18. The van der Waals surface area contributed by atoms with E-state index in [4.69, 9.17) is 4.42 Å². The van der Waals surface area contributed by atoms with Crippen molar-refractivity contribution in [3.63, 3.8) is 0 Å². The molecule has 0 saturated heterocycles. The summed E-state index contributed by atoms with van der Waals surface area (Å²) >= 11 is 0. The Morgan fingerprint density at radius 3 is 2.65 bits per heavy atom. The summed E-state index contributed by atoms with van der Waals surface area (Å²) in [7, 11) is 1.79. The molecular weight excluding hydrogens is 280 g/mol. The maximum Gasteiger partial charge on any atom is 0.349 e. The highest BCUT2D eigenvalue weighted by Gasteiger charge is 2.17. The lowest BCUT2D eigenvalue weighted by Gasteiger charge is -2.08. The average Bonchev–Trinajstić information content (AvgIpc) is 2.39. The molecule has 6 heteroatoms. The van der Waals surface area contributed by atoms with Crippen LogP contribution in [0.4, 0.5) is 0 Å². The quantitative estimate of drug-likeness (QED) is 0.662. The van der Waals surface area contributed by atoms with Gasteiger partial charge < -0.3 is 15.1 Å². The standard InChI is InChI=1S/C14H16N2O3.ClH/c1-9-10-5-3-4-6-11(10)19-14(18)12(9)13(17)16-8-7-15-2;/h3-6,15H,7-8H2,1-2H3,(H,16,17);1H. The lowest BCUT2D eigenvalue weighted by atomic mass is 10.1. The highest BCUT2D eigenvalue weighted by atomic mass is 35.5. The van der Waals surface area contributed by atoms with Crippen molar-refractivity contribution < 1.29 is 9.21 Å². The Morgan fingerprint density at radius 1 is 1.25 bits per heavy atom. The fourth-order valence-electron chi connectivity index (χ4n) is 1.96. The summed E-state index contributed by atoms with van der Waals surface area (Å²) in [5.74, 6) is -0.396. The lowest BCUT2D eigenvalue weighted by molar-refractivity contribution is 0.0950. The number of hydrogen-bond donors (Lipinski definition) is 2. The first-order chi connectivity index (χ1) is 9.15. The number of likely N-dealkylation sites (N-methyl/N-ethyl adjacent to an activating group) is 1. The van der Waals surface area contributed by atoms with Gasteiger partial charge in [0.1, 0.15) is 11.1 Å². The van der Waals surface area contributed by atoms with Crippen molar-refractivity contribution >= 4 is 29.3 Å². The molecule has 1 heterocycles. The molecule has 0 aliphatic heterocycles. The first-order valence-corrected chi connectivity index (χ1v) is 6.10. The van der Waals surface area contributed by atoms with Crippen LogP contribution in [0.25, 0.3) is 11.0 Å². The van der Waals surface area contributed by atoms with Crippen LogP contribution in [0.2, 0.25) is 0 Å². The number of halogens is 1. The summed E-state index contributed by atoms with van der Waals surface area (Å²) in [5.41, 5.74) is 0.624. The lowest BCUT2D eigenvalue weighted by Crippen LogP contribution is -2.33. The first-order valence-electron chi connectivity index (χ1n) is 6.10.